The Hall–Kier alpha value is -1.18. The fourth-order valence-electron chi connectivity index (χ4n) is 2.20. The first kappa shape index (κ1) is 18.9. The minimum absolute atomic E-state index is 0. The van der Waals surface area contributed by atoms with Crippen LogP contribution in [0.1, 0.15) is 42.6 Å². The van der Waals surface area contributed by atoms with Gasteiger partial charge in [0.05, 0.1) is 18.7 Å². The lowest BCUT2D eigenvalue weighted by Crippen LogP contribution is -2.24. The van der Waals surface area contributed by atoms with Crippen molar-refractivity contribution in [3.8, 4) is 0 Å². The van der Waals surface area contributed by atoms with Crippen LogP contribution >= 0.6 is 23.7 Å². The zero-order chi connectivity index (χ0) is 15.6. The number of ether oxygens (including phenoxy) is 1. The third-order valence-electron chi connectivity index (χ3n) is 3.37. The predicted octanol–water partition coefficient (Wildman–Crippen LogP) is 2.20. The molecule has 0 aliphatic carbocycles. The van der Waals surface area contributed by atoms with Gasteiger partial charge < -0.3 is 15.4 Å². The number of esters is 1. The number of thiazole rings is 1. The Morgan fingerprint density at radius 3 is 2.59 bits per heavy atom. The van der Waals surface area contributed by atoms with Gasteiger partial charge in [0.25, 0.3) is 0 Å². The number of aromatic nitrogens is 1. The van der Waals surface area contributed by atoms with Crippen molar-refractivity contribution >= 4 is 40.8 Å². The first-order chi connectivity index (χ1) is 9.82. The van der Waals surface area contributed by atoms with Gasteiger partial charge in [0.2, 0.25) is 5.91 Å². The number of amides is 1. The van der Waals surface area contributed by atoms with Crippen LogP contribution in [-0.2, 0) is 14.9 Å². The van der Waals surface area contributed by atoms with Crippen molar-refractivity contribution in [3.05, 3.63) is 10.6 Å². The van der Waals surface area contributed by atoms with Gasteiger partial charge in [-0.3, -0.25) is 4.79 Å². The molecule has 0 bridgehead atoms. The molecule has 1 aromatic heterocycles. The van der Waals surface area contributed by atoms with Gasteiger partial charge in [0, 0.05) is 12.0 Å². The quantitative estimate of drug-likeness (QED) is 0.819. The monoisotopic (exact) mass is 347 g/mol. The van der Waals surface area contributed by atoms with Gasteiger partial charge in [-0.15, -0.1) is 12.4 Å². The maximum absolute atomic E-state index is 12.1. The molecule has 2 N–H and O–H groups in total. The lowest BCUT2D eigenvalue weighted by atomic mass is 9.91. The summed E-state index contributed by atoms with van der Waals surface area (Å²) in [6, 6.07) is 0. The molecule has 0 aromatic carbocycles. The number of halogens is 1. The third kappa shape index (κ3) is 4.18. The van der Waals surface area contributed by atoms with E-state index in [1.165, 1.54) is 18.4 Å². The fraction of sp³-hybridized carbons (Fsp3) is 0.643. The highest BCUT2D eigenvalue weighted by Crippen LogP contribution is 2.32. The summed E-state index contributed by atoms with van der Waals surface area (Å²) in [5.74, 6) is -0.500. The number of nitrogens with one attached hydrogen (secondary N) is 2. The molecule has 6 nitrogen and oxygen atoms in total. The summed E-state index contributed by atoms with van der Waals surface area (Å²) >= 11 is 1.17. The van der Waals surface area contributed by atoms with Crippen molar-refractivity contribution in [2.45, 2.75) is 32.6 Å². The first-order valence-electron chi connectivity index (χ1n) is 6.94. The van der Waals surface area contributed by atoms with Crippen LogP contribution in [0, 0.1) is 5.92 Å². The van der Waals surface area contributed by atoms with Crippen LogP contribution in [0.15, 0.2) is 0 Å². The van der Waals surface area contributed by atoms with Gasteiger partial charge in [-0.2, -0.15) is 0 Å². The lowest BCUT2D eigenvalue weighted by molar-refractivity contribution is -0.119. The smallest absolute Gasteiger partial charge is 0.350 e. The molecular weight excluding hydrogens is 326 g/mol. The molecule has 1 aliphatic heterocycles. The zero-order valence-electron chi connectivity index (χ0n) is 13.2. The van der Waals surface area contributed by atoms with E-state index in [4.69, 9.17) is 4.74 Å². The summed E-state index contributed by atoms with van der Waals surface area (Å²) in [5.41, 5.74) is 0.358. The van der Waals surface area contributed by atoms with Gasteiger partial charge in [-0.1, -0.05) is 32.1 Å². The first-order valence-corrected chi connectivity index (χ1v) is 7.75. The molecule has 1 atom stereocenters. The Labute approximate surface area is 140 Å². The van der Waals surface area contributed by atoms with E-state index in [9.17, 15) is 9.59 Å². The molecule has 1 aliphatic rings. The van der Waals surface area contributed by atoms with E-state index in [0.29, 0.717) is 22.2 Å². The van der Waals surface area contributed by atoms with Crippen LogP contribution in [-0.4, -0.2) is 37.1 Å². The van der Waals surface area contributed by atoms with E-state index in [1.54, 1.807) is 0 Å². The van der Waals surface area contributed by atoms with Crippen LogP contribution in [0.4, 0.5) is 5.13 Å². The summed E-state index contributed by atoms with van der Waals surface area (Å²) in [6.07, 6.45) is 0.827. The Morgan fingerprint density at radius 1 is 1.41 bits per heavy atom. The van der Waals surface area contributed by atoms with E-state index in [0.717, 1.165) is 13.0 Å². The Balaban J connectivity index is 0.00000242. The van der Waals surface area contributed by atoms with Crippen LogP contribution in [0.5, 0.6) is 0 Å². The van der Waals surface area contributed by atoms with Gasteiger partial charge in [0.1, 0.15) is 4.88 Å². The van der Waals surface area contributed by atoms with E-state index < -0.39 is 5.97 Å². The largest absolute Gasteiger partial charge is 0.465 e. The Bertz CT molecular complexity index is 548. The van der Waals surface area contributed by atoms with Crippen molar-refractivity contribution in [3.63, 3.8) is 0 Å². The van der Waals surface area contributed by atoms with Crippen LogP contribution in [0.2, 0.25) is 0 Å². The molecule has 1 saturated heterocycles. The summed E-state index contributed by atoms with van der Waals surface area (Å²) < 4.78 is 4.80. The maximum atomic E-state index is 12.1. The van der Waals surface area contributed by atoms with Crippen molar-refractivity contribution in [1.29, 1.82) is 0 Å². The molecule has 8 heteroatoms. The number of carbonyl (C=O) groups is 2. The van der Waals surface area contributed by atoms with E-state index in [-0.39, 0.29) is 29.6 Å². The van der Waals surface area contributed by atoms with Gasteiger partial charge in [0.15, 0.2) is 5.13 Å². The average Bonchev–Trinajstić information content (AvgIpc) is 3.05. The standard InChI is InChI=1S/C14H21N3O3S.ClH/c1-14(2,3)10-9(12(19)20-4)21-13(16-10)17-11(18)8-5-6-15-7-8;/h8,15H,5-7H2,1-4H3,(H,16,17,18);1H. The van der Waals surface area contributed by atoms with Crippen molar-refractivity contribution in [2.24, 2.45) is 5.92 Å². The van der Waals surface area contributed by atoms with Gasteiger partial charge in [-0.05, 0) is 13.0 Å². The van der Waals surface area contributed by atoms with E-state index in [1.807, 2.05) is 20.8 Å². The molecule has 2 rings (SSSR count). The second kappa shape index (κ2) is 7.39. The second-order valence-corrected chi connectivity index (χ2v) is 7.12. The van der Waals surface area contributed by atoms with E-state index >= 15 is 0 Å². The van der Waals surface area contributed by atoms with Crippen LogP contribution < -0.4 is 10.6 Å². The summed E-state index contributed by atoms with van der Waals surface area (Å²) in [7, 11) is 1.34. The average molecular weight is 348 g/mol. The van der Waals surface area contributed by atoms with Gasteiger partial charge >= 0.3 is 5.97 Å². The number of nitrogens with zero attached hydrogens (tertiary/aromatic N) is 1. The second-order valence-electron chi connectivity index (χ2n) is 6.12. The van der Waals surface area contributed by atoms with Crippen LogP contribution in [0.25, 0.3) is 0 Å². The topological polar surface area (TPSA) is 80.3 Å². The van der Waals surface area contributed by atoms with E-state index in [2.05, 4.69) is 15.6 Å². The van der Waals surface area contributed by atoms with Crippen molar-refractivity contribution in [2.75, 3.05) is 25.5 Å². The number of methoxy groups -OCH3 is 1. The molecule has 1 unspecified atom stereocenters. The number of hydrogen-bond donors (Lipinski definition) is 2. The molecule has 124 valence electrons. The number of anilines is 1. The molecule has 0 radical (unpaired) electrons. The molecule has 0 saturated carbocycles. The number of carbonyl (C=O) groups excluding carboxylic acids is 2. The highest BCUT2D eigenvalue weighted by Gasteiger charge is 2.29. The highest BCUT2D eigenvalue weighted by molar-refractivity contribution is 7.17. The molecule has 1 amide bonds. The lowest BCUT2D eigenvalue weighted by Gasteiger charge is -2.16. The Kier molecular flexibility index (Phi) is 6.34. The normalized spacial score (nSPS) is 17.7. The van der Waals surface area contributed by atoms with Crippen molar-refractivity contribution in [1.82, 2.24) is 10.3 Å². The zero-order valence-corrected chi connectivity index (χ0v) is 14.8. The minimum Gasteiger partial charge on any atom is -0.465 e. The molecule has 1 aromatic rings. The summed E-state index contributed by atoms with van der Waals surface area (Å²) in [5, 5.41) is 6.43. The summed E-state index contributed by atoms with van der Waals surface area (Å²) in [4.78, 5) is 28.9. The molecule has 2 heterocycles. The summed E-state index contributed by atoms with van der Waals surface area (Å²) in [6.45, 7) is 7.47. The predicted molar refractivity (Wildman–Crippen MR) is 89.0 cm³/mol. The third-order valence-corrected chi connectivity index (χ3v) is 4.32. The molecule has 0 spiro atoms. The minimum atomic E-state index is -0.416. The number of hydrogen-bond acceptors (Lipinski definition) is 6. The molecular formula is C14H22ClN3O3S. The van der Waals surface area contributed by atoms with Crippen LogP contribution in [0.3, 0.4) is 0 Å². The maximum Gasteiger partial charge on any atom is 0.350 e. The highest BCUT2D eigenvalue weighted by atomic mass is 35.5. The molecule has 1 fully saturated rings. The molecule has 22 heavy (non-hydrogen) atoms. The van der Waals surface area contributed by atoms with Gasteiger partial charge in [-0.25, -0.2) is 9.78 Å². The van der Waals surface area contributed by atoms with Crippen molar-refractivity contribution < 1.29 is 14.3 Å². The Morgan fingerprint density at radius 2 is 2.09 bits per heavy atom. The number of rotatable bonds is 3. The fourth-order valence-corrected chi connectivity index (χ4v) is 3.30. The SMILES string of the molecule is COC(=O)c1sc(NC(=O)C2CCNC2)nc1C(C)(C)C.Cl.